The molecule has 0 radical (unpaired) electrons. The standard InChI is InChI=1S/C8H13FN4/c1-4-13(3)7-6(9)5-11-8(10-2)12-7/h5H,4H2,1-3H3,(H,10,11,12). The first-order valence-electron chi connectivity index (χ1n) is 4.10. The van der Waals surface area contributed by atoms with Crippen LogP contribution in [-0.4, -0.2) is 30.6 Å². The van der Waals surface area contributed by atoms with Crippen molar-refractivity contribution in [1.82, 2.24) is 9.97 Å². The van der Waals surface area contributed by atoms with Gasteiger partial charge in [0.1, 0.15) is 0 Å². The second-order valence-electron chi connectivity index (χ2n) is 2.63. The zero-order valence-corrected chi connectivity index (χ0v) is 8.00. The van der Waals surface area contributed by atoms with Gasteiger partial charge in [-0.3, -0.25) is 0 Å². The monoisotopic (exact) mass is 184 g/mol. The first-order chi connectivity index (χ1) is 6.19. The van der Waals surface area contributed by atoms with E-state index in [1.807, 2.05) is 6.92 Å². The summed E-state index contributed by atoms with van der Waals surface area (Å²) in [6.45, 7) is 2.64. The molecule has 0 saturated carbocycles. The lowest BCUT2D eigenvalue weighted by Crippen LogP contribution is -2.19. The normalized spacial score (nSPS) is 9.85. The smallest absolute Gasteiger partial charge is 0.224 e. The molecule has 0 aliphatic rings. The molecule has 72 valence electrons. The molecule has 1 aromatic heterocycles. The van der Waals surface area contributed by atoms with E-state index in [4.69, 9.17) is 0 Å². The minimum atomic E-state index is -0.400. The Morgan fingerprint density at radius 3 is 2.85 bits per heavy atom. The van der Waals surface area contributed by atoms with E-state index in [2.05, 4.69) is 15.3 Å². The molecule has 0 fully saturated rings. The highest BCUT2D eigenvalue weighted by Crippen LogP contribution is 2.14. The Balaban J connectivity index is 3.03. The van der Waals surface area contributed by atoms with E-state index in [9.17, 15) is 4.39 Å². The van der Waals surface area contributed by atoms with Crippen LogP contribution in [0.25, 0.3) is 0 Å². The molecule has 0 aliphatic carbocycles. The molecular formula is C8H13FN4. The van der Waals surface area contributed by atoms with Crippen LogP contribution in [0.4, 0.5) is 16.2 Å². The Morgan fingerprint density at radius 1 is 1.62 bits per heavy atom. The Labute approximate surface area is 76.8 Å². The summed E-state index contributed by atoms with van der Waals surface area (Å²) in [7, 11) is 3.48. The average molecular weight is 184 g/mol. The summed E-state index contributed by atoms with van der Waals surface area (Å²) >= 11 is 0. The van der Waals surface area contributed by atoms with Gasteiger partial charge >= 0.3 is 0 Å². The van der Waals surface area contributed by atoms with Gasteiger partial charge in [-0.1, -0.05) is 0 Å². The molecule has 4 nitrogen and oxygen atoms in total. The van der Waals surface area contributed by atoms with Gasteiger partial charge in [-0.2, -0.15) is 4.98 Å². The van der Waals surface area contributed by atoms with Crippen molar-refractivity contribution >= 4 is 11.8 Å². The van der Waals surface area contributed by atoms with Gasteiger partial charge in [0.25, 0.3) is 0 Å². The lowest BCUT2D eigenvalue weighted by molar-refractivity contribution is 0.609. The van der Waals surface area contributed by atoms with Crippen molar-refractivity contribution in [2.75, 3.05) is 30.9 Å². The summed E-state index contributed by atoms with van der Waals surface area (Å²) in [5.74, 6) is 0.349. The van der Waals surface area contributed by atoms with Crippen LogP contribution in [0, 0.1) is 5.82 Å². The second-order valence-corrected chi connectivity index (χ2v) is 2.63. The summed E-state index contributed by atoms with van der Waals surface area (Å²) in [6, 6.07) is 0. The number of rotatable bonds is 3. The van der Waals surface area contributed by atoms with E-state index in [0.717, 1.165) is 0 Å². The van der Waals surface area contributed by atoms with Crippen molar-refractivity contribution in [3.05, 3.63) is 12.0 Å². The fourth-order valence-electron chi connectivity index (χ4n) is 0.896. The molecule has 0 saturated heterocycles. The van der Waals surface area contributed by atoms with Crippen LogP contribution in [0.15, 0.2) is 6.20 Å². The van der Waals surface area contributed by atoms with E-state index in [1.54, 1.807) is 19.0 Å². The third-order valence-corrected chi connectivity index (χ3v) is 1.79. The molecule has 5 heteroatoms. The van der Waals surface area contributed by atoms with Crippen molar-refractivity contribution in [1.29, 1.82) is 0 Å². The van der Waals surface area contributed by atoms with Crippen molar-refractivity contribution in [3.63, 3.8) is 0 Å². The molecule has 1 N–H and O–H groups in total. The van der Waals surface area contributed by atoms with E-state index in [0.29, 0.717) is 18.3 Å². The summed E-state index contributed by atoms with van der Waals surface area (Å²) in [5.41, 5.74) is 0. The fraction of sp³-hybridized carbons (Fsp3) is 0.500. The highest BCUT2D eigenvalue weighted by Gasteiger charge is 2.08. The summed E-state index contributed by atoms with van der Waals surface area (Å²) < 4.78 is 13.1. The molecule has 1 rings (SSSR count). The molecule has 0 unspecified atom stereocenters. The van der Waals surface area contributed by atoms with Crippen LogP contribution < -0.4 is 10.2 Å². The molecule has 0 amide bonds. The Hall–Kier alpha value is -1.39. The second kappa shape index (κ2) is 4.02. The van der Waals surface area contributed by atoms with Crippen molar-refractivity contribution in [2.45, 2.75) is 6.92 Å². The topological polar surface area (TPSA) is 41.1 Å². The molecule has 0 aromatic carbocycles. The van der Waals surface area contributed by atoms with Gasteiger partial charge in [-0.15, -0.1) is 0 Å². The Bertz CT molecular complexity index is 289. The van der Waals surface area contributed by atoms with Gasteiger partial charge < -0.3 is 10.2 Å². The molecule has 1 heterocycles. The molecule has 0 spiro atoms. The van der Waals surface area contributed by atoms with Crippen LogP contribution in [0.2, 0.25) is 0 Å². The quantitative estimate of drug-likeness (QED) is 0.764. The SMILES string of the molecule is CCN(C)c1nc(NC)ncc1F. The highest BCUT2D eigenvalue weighted by molar-refractivity contribution is 5.42. The molecule has 1 aromatic rings. The maximum atomic E-state index is 13.1. The molecule has 0 atom stereocenters. The number of aromatic nitrogens is 2. The van der Waals surface area contributed by atoms with Gasteiger partial charge in [-0.05, 0) is 6.92 Å². The van der Waals surface area contributed by atoms with Crippen LogP contribution in [0.1, 0.15) is 6.92 Å². The minimum absolute atomic E-state index is 0.321. The van der Waals surface area contributed by atoms with Crippen molar-refractivity contribution < 1.29 is 4.39 Å². The maximum Gasteiger partial charge on any atom is 0.224 e. The fourth-order valence-corrected chi connectivity index (χ4v) is 0.896. The van der Waals surface area contributed by atoms with Crippen LogP contribution in [-0.2, 0) is 0 Å². The number of nitrogens with zero attached hydrogens (tertiary/aromatic N) is 3. The molecular weight excluding hydrogens is 171 g/mol. The summed E-state index contributed by atoms with van der Waals surface area (Å²) in [6.07, 6.45) is 1.17. The van der Waals surface area contributed by atoms with E-state index >= 15 is 0 Å². The zero-order valence-electron chi connectivity index (χ0n) is 8.00. The molecule has 0 aliphatic heterocycles. The predicted octanol–water partition coefficient (Wildman–Crippen LogP) is 1.11. The van der Waals surface area contributed by atoms with Crippen LogP contribution >= 0.6 is 0 Å². The van der Waals surface area contributed by atoms with Crippen molar-refractivity contribution in [2.24, 2.45) is 0 Å². The van der Waals surface area contributed by atoms with E-state index in [1.165, 1.54) is 6.20 Å². The third kappa shape index (κ3) is 2.05. The minimum Gasteiger partial charge on any atom is -0.357 e. The predicted molar refractivity (Wildman–Crippen MR) is 50.5 cm³/mol. The maximum absolute atomic E-state index is 13.1. The van der Waals surface area contributed by atoms with Crippen molar-refractivity contribution in [3.8, 4) is 0 Å². The summed E-state index contributed by atoms with van der Waals surface area (Å²) in [5, 5.41) is 2.76. The van der Waals surface area contributed by atoms with Gasteiger partial charge in [0.15, 0.2) is 11.6 Å². The zero-order chi connectivity index (χ0) is 9.84. The lowest BCUT2D eigenvalue weighted by atomic mass is 10.5. The number of anilines is 2. The van der Waals surface area contributed by atoms with E-state index < -0.39 is 5.82 Å². The Kier molecular flexibility index (Phi) is 3.00. The number of halogens is 1. The first kappa shape index (κ1) is 9.70. The van der Waals surface area contributed by atoms with Gasteiger partial charge in [0, 0.05) is 20.6 Å². The molecule has 0 bridgehead atoms. The average Bonchev–Trinajstić information content (AvgIpc) is 2.17. The highest BCUT2D eigenvalue weighted by atomic mass is 19.1. The van der Waals surface area contributed by atoms with Crippen LogP contribution in [0.5, 0.6) is 0 Å². The number of hydrogen-bond donors (Lipinski definition) is 1. The van der Waals surface area contributed by atoms with E-state index in [-0.39, 0.29) is 0 Å². The number of hydrogen-bond acceptors (Lipinski definition) is 4. The molecule has 13 heavy (non-hydrogen) atoms. The van der Waals surface area contributed by atoms with Gasteiger partial charge in [0.2, 0.25) is 5.95 Å². The third-order valence-electron chi connectivity index (χ3n) is 1.79. The first-order valence-corrected chi connectivity index (χ1v) is 4.10. The van der Waals surface area contributed by atoms with Gasteiger partial charge in [-0.25, -0.2) is 9.37 Å². The summed E-state index contributed by atoms with van der Waals surface area (Å²) in [4.78, 5) is 9.46. The van der Waals surface area contributed by atoms with Gasteiger partial charge in [0.05, 0.1) is 6.20 Å². The number of nitrogens with one attached hydrogen (secondary N) is 1. The largest absolute Gasteiger partial charge is 0.357 e. The Morgan fingerprint density at radius 2 is 2.31 bits per heavy atom. The van der Waals surface area contributed by atoms with Crippen LogP contribution in [0.3, 0.4) is 0 Å². The lowest BCUT2D eigenvalue weighted by Gasteiger charge is -2.16.